The number of hydrogen-bond acceptors (Lipinski definition) is 1. The Morgan fingerprint density at radius 1 is 1.50 bits per heavy atom. The minimum atomic E-state index is -0.298. The van der Waals surface area contributed by atoms with E-state index in [4.69, 9.17) is 0 Å². The Morgan fingerprint density at radius 2 is 2.21 bits per heavy atom. The molecule has 1 aromatic carbocycles. The Balaban J connectivity index is 2.54. The minimum absolute atomic E-state index is 0.212. The van der Waals surface area contributed by atoms with E-state index in [1.54, 1.807) is 31.2 Å². The fraction of sp³-hybridized carbons (Fsp3) is 0.182. The summed E-state index contributed by atoms with van der Waals surface area (Å²) < 4.78 is 13.1. The zero-order chi connectivity index (χ0) is 10.4. The second kappa shape index (κ2) is 5.17. The first-order valence-corrected chi connectivity index (χ1v) is 4.38. The molecule has 0 aliphatic carbocycles. The van der Waals surface area contributed by atoms with E-state index in [2.05, 4.69) is 5.32 Å². The molecule has 1 N–H and O–H groups in total. The lowest BCUT2D eigenvalue weighted by atomic mass is 10.2. The molecule has 0 atom stereocenters. The first-order chi connectivity index (χ1) is 6.74. The number of allylic oxidation sites excluding steroid dienone is 1. The Hall–Kier alpha value is -1.64. The summed E-state index contributed by atoms with van der Waals surface area (Å²) in [6, 6.07) is 6.37. The summed E-state index contributed by atoms with van der Waals surface area (Å²) >= 11 is 0. The van der Waals surface area contributed by atoms with Crippen LogP contribution in [0.4, 0.5) is 4.39 Å². The molecule has 0 radical (unpaired) electrons. The third-order valence-corrected chi connectivity index (χ3v) is 1.73. The van der Waals surface area contributed by atoms with Crippen molar-refractivity contribution in [3.8, 4) is 0 Å². The van der Waals surface area contributed by atoms with Crippen molar-refractivity contribution in [1.29, 1.82) is 0 Å². The number of nitrogens with one attached hydrogen (secondary N) is 1. The number of rotatable bonds is 3. The van der Waals surface area contributed by atoms with E-state index in [0.29, 0.717) is 5.56 Å². The summed E-state index contributed by atoms with van der Waals surface area (Å²) in [5.41, 5.74) is 0.491. The lowest BCUT2D eigenvalue weighted by molar-refractivity contribution is -0.116. The molecule has 0 saturated heterocycles. The quantitative estimate of drug-likeness (QED) is 0.731. The summed E-state index contributed by atoms with van der Waals surface area (Å²) in [5.74, 6) is -0.510. The second-order valence-electron chi connectivity index (χ2n) is 2.81. The summed E-state index contributed by atoms with van der Waals surface area (Å²) in [5, 5.41) is 2.57. The van der Waals surface area contributed by atoms with Gasteiger partial charge in [-0.15, -0.1) is 0 Å². The number of carbonyl (C=O) groups is 1. The molecular weight excluding hydrogens is 181 g/mol. The zero-order valence-corrected chi connectivity index (χ0v) is 7.96. The van der Waals surface area contributed by atoms with Gasteiger partial charge in [0.1, 0.15) is 5.82 Å². The number of carbonyl (C=O) groups excluding carboxylic acids is 1. The molecular formula is C11H12FNO. The van der Waals surface area contributed by atoms with Crippen molar-refractivity contribution < 1.29 is 9.18 Å². The van der Waals surface area contributed by atoms with Gasteiger partial charge in [0.2, 0.25) is 5.91 Å². The molecule has 0 saturated carbocycles. The van der Waals surface area contributed by atoms with Gasteiger partial charge in [-0.2, -0.15) is 0 Å². The number of benzene rings is 1. The summed E-state index contributed by atoms with van der Waals surface area (Å²) in [4.78, 5) is 11.0. The van der Waals surface area contributed by atoms with Crippen LogP contribution in [0, 0.1) is 5.82 Å². The molecule has 2 nitrogen and oxygen atoms in total. The van der Waals surface area contributed by atoms with Gasteiger partial charge in [0.25, 0.3) is 0 Å². The Bertz CT molecular complexity index is 347. The Labute approximate surface area is 82.4 Å². The van der Waals surface area contributed by atoms with Crippen LogP contribution in [0.2, 0.25) is 0 Å². The smallest absolute Gasteiger partial charge is 0.243 e. The van der Waals surface area contributed by atoms with Gasteiger partial charge in [-0.05, 0) is 19.1 Å². The molecule has 1 aromatic rings. The summed E-state index contributed by atoms with van der Waals surface area (Å²) in [6.07, 6.45) is 3.04. The van der Waals surface area contributed by atoms with E-state index in [9.17, 15) is 9.18 Å². The molecule has 14 heavy (non-hydrogen) atoms. The lowest BCUT2D eigenvalue weighted by Crippen LogP contribution is -2.20. The van der Waals surface area contributed by atoms with E-state index in [-0.39, 0.29) is 18.3 Å². The minimum Gasteiger partial charge on any atom is -0.348 e. The van der Waals surface area contributed by atoms with Gasteiger partial charge in [0.15, 0.2) is 0 Å². The highest BCUT2D eigenvalue weighted by Crippen LogP contribution is 2.05. The molecule has 74 valence electrons. The van der Waals surface area contributed by atoms with Gasteiger partial charge in [0.05, 0.1) is 0 Å². The normalized spacial score (nSPS) is 10.4. The topological polar surface area (TPSA) is 29.1 Å². The van der Waals surface area contributed by atoms with Crippen LogP contribution >= 0.6 is 0 Å². The van der Waals surface area contributed by atoms with Crippen LogP contribution in [0.25, 0.3) is 0 Å². The highest BCUT2D eigenvalue weighted by Gasteiger charge is 2.00. The maximum atomic E-state index is 13.1. The predicted octanol–water partition coefficient (Wildman–Crippen LogP) is 2.02. The molecule has 0 heterocycles. The van der Waals surface area contributed by atoms with E-state index in [1.807, 2.05) is 0 Å². The van der Waals surface area contributed by atoms with E-state index < -0.39 is 0 Å². The fourth-order valence-corrected chi connectivity index (χ4v) is 1.03. The second-order valence-corrected chi connectivity index (χ2v) is 2.81. The van der Waals surface area contributed by atoms with Crippen LogP contribution in [-0.2, 0) is 11.3 Å². The van der Waals surface area contributed by atoms with E-state index in [1.165, 1.54) is 12.1 Å². The number of hydrogen-bond donors (Lipinski definition) is 1. The standard InChI is InChI=1S/C11H12FNO/c1-2-5-11(14)13-8-9-6-3-4-7-10(9)12/h2-7H,8H2,1H3,(H,13,14)/b5-2+. The fourth-order valence-electron chi connectivity index (χ4n) is 1.03. The first-order valence-electron chi connectivity index (χ1n) is 4.38. The van der Waals surface area contributed by atoms with Crippen molar-refractivity contribution in [2.45, 2.75) is 13.5 Å². The average molecular weight is 193 g/mol. The molecule has 1 rings (SSSR count). The highest BCUT2D eigenvalue weighted by atomic mass is 19.1. The van der Waals surface area contributed by atoms with Crippen molar-refractivity contribution in [1.82, 2.24) is 5.32 Å². The summed E-state index contributed by atoms with van der Waals surface area (Å²) in [7, 11) is 0. The molecule has 0 unspecified atom stereocenters. The van der Waals surface area contributed by atoms with Crippen LogP contribution in [-0.4, -0.2) is 5.91 Å². The van der Waals surface area contributed by atoms with Crippen molar-refractivity contribution in [3.05, 3.63) is 47.8 Å². The Kier molecular flexibility index (Phi) is 3.85. The first kappa shape index (κ1) is 10.4. The number of amides is 1. The highest BCUT2D eigenvalue weighted by molar-refractivity contribution is 5.87. The van der Waals surface area contributed by atoms with Gasteiger partial charge < -0.3 is 5.32 Å². The third-order valence-electron chi connectivity index (χ3n) is 1.73. The van der Waals surface area contributed by atoms with Crippen LogP contribution in [0.3, 0.4) is 0 Å². The maximum absolute atomic E-state index is 13.1. The van der Waals surface area contributed by atoms with E-state index >= 15 is 0 Å². The maximum Gasteiger partial charge on any atom is 0.243 e. The molecule has 0 fully saturated rings. The van der Waals surface area contributed by atoms with Gasteiger partial charge in [-0.3, -0.25) is 4.79 Å². The van der Waals surface area contributed by atoms with Gasteiger partial charge in [-0.1, -0.05) is 24.3 Å². The molecule has 0 aliphatic heterocycles. The SMILES string of the molecule is C/C=C/C(=O)NCc1ccccc1F. The van der Waals surface area contributed by atoms with Gasteiger partial charge in [0, 0.05) is 12.1 Å². The Morgan fingerprint density at radius 3 is 2.86 bits per heavy atom. The van der Waals surface area contributed by atoms with Crippen molar-refractivity contribution in [3.63, 3.8) is 0 Å². The van der Waals surface area contributed by atoms with Gasteiger partial charge >= 0.3 is 0 Å². The third kappa shape index (κ3) is 3.01. The molecule has 0 bridgehead atoms. The zero-order valence-electron chi connectivity index (χ0n) is 7.96. The predicted molar refractivity (Wildman–Crippen MR) is 53.1 cm³/mol. The van der Waals surface area contributed by atoms with Gasteiger partial charge in [-0.25, -0.2) is 4.39 Å². The van der Waals surface area contributed by atoms with Crippen molar-refractivity contribution in [2.24, 2.45) is 0 Å². The van der Waals surface area contributed by atoms with Crippen LogP contribution in [0.15, 0.2) is 36.4 Å². The lowest BCUT2D eigenvalue weighted by Gasteiger charge is -2.03. The van der Waals surface area contributed by atoms with Crippen molar-refractivity contribution in [2.75, 3.05) is 0 Å². The summed E-state index contributed by atoms with van der Waals surface area (Å²) in [6.45, 7) is 1.97. The molecule has 0 aromatic heterocycles. The van der Waals surface area contributed by atoms with Crippen LogP contribution in [0.1, 0.15) is 12.5 Å². The molecule has 0 spiro atoms. The average Bonchev–Trinajstić information content (AvgIpc) is 2.17. The van der Waals surface area contributed by atoms with Crippen LogP contribution < -0.4 is 5.32 Å². The van der Waals surface area contributed by atoms with Crippen LogP contribution in [0.5, 0.6) is 0 Å². The number of halogens is 1. The molecule has 1 amide bonds. The molecule has 0 aliphatic rings. The van der Waals surface area contributed by atoms with Crippen molar-refractivity contribution >= 4 is 5.91 Å². The largest absolute Gasteiger partial charge is 0.348 e. The monoisotopic (exact) mass is 193 g/mol. The molecule has 3 heteroatoms. The van der Waals surface area contributed by atoms with E-state index in [0.717, 1.165) is 0 Å².